The van der Waals surface area contributed by atoms with Crippen molar-refractivity contribution >= 4 is 27.5 Å². The number of aromatic nitrogens is 2. The van der Waals surface area contributed by atoms with Crippen LogP contribution in [0.4, 0.5) is 17.6 Å². The zero-order chi connectivity index (χ0) is 18.9. The summed E-state index contributed by atoms with van der Waals surface area (Å²) in [5, 5.41) is 2.43. The molecule has 1 N–H and O–H groups in total. The van der Waals surface area contributed by atoms with E-state index in [1.165, 1.54) is 6.20 Å². The number of carbonyl (C=O) groups excluding carboxylic acids is 1. The molecule has 1 aromatic carbocycles. The van der Waals surface area contributed by atoms with E-state index in [0.29, 0.717) is 17.4 Å². The van der Waals surface area contributed by atoms with E-state index in [1.54, 1.807) is 22.7 Å². The molecule has 26 heavy (non-hydrogen) atoms. The van der Waals surface area contributed by atoms with Gasteiger partial charge in [-0.3, -0.25) is 4.79 Å². The Morgan fingerprint density at radius 3 is 2.73 bits per heavy atom. The van der Waals surface area contributed by atoms with Gasteiger partial charge in [0.15, 0.2) is 0 Å². The second kappa shape index (κ2) is 7.06. The molecule has 0 saturated heterocycles. The average Bonchev–Trinajstić information content (AvgIpc) is 2.95. The van der Waals surface area contributed by atoms with Gasteiger partial charge in [0.05, 0.1) is 17.7 Å². The Morgan fingerprint density at radius 1 is 1.23 bits per heavy atom. The molecular weight excluding hydrogens is 418 g/mol. The highest BCUT2D eigenvalue weighted by atomic mass is 79.9. The second-order valence-corrected chi connectivity index (χ2v) is 6.49. The van der Waals surface area contributed by atoms with E-state index in [4.69, 9.17) is 0 Å². The van der Waals surface area contributed by atoms with Gasteiger partial charge in [-0.25, -0.2) is 9.37 Å². The molecule has 0 atom stereocenters. The largest absolute Gasteiger partial charge is 0.416 e. The Morgan fingerprint density at radius 2 is 2.00 bits per heavy atom. The minimum Gasteiger partial charge on any atom is -0.352 e. The molecule has 0 spiro atoms. The van der Waals surface area contributed by atoms with E-state index in [9.17, 15) is 22.4 Å². The van der Waals surface area contributed by atoms with Crippen LogP contribution in [0, 0.1) is 5.82 Å². The van der Waals surface area contributed by atoms with E-state index >= 15 is 0 Å². The maximum absolute atomic E-state index is 13.1. The van der Waals surface area contributed by atoms with Gasteiger partial charge < -0.3 is 9.72 Å². The van der Waals surface area contributed by atoms with Gasteiger partial charge >= 0.3 is 6.18 Å². The molecule has 0 bridgehead atoms. The molecule has 1 amide bonds. The third-order valence-corrected chi connectivity index (χ3v) is 4.21. The molecule has 2 aromatic heterocycles. The van der Waals surface area contributed by atoms with Crippen molar-refractivity contribution in [1.82, 2.24) is 14.7 Å². The highest BCUT2D eigenvalue weighted by Crippen LogP contribution is 2.32. The number of carbonyl (C=O) groups is 1. The fraction of sp³-hybridized carbons (Fsp3) is 0.176. The van der Waals surface area contributed by atoms with Crippen LogP contribution in [0.25, 0.3) is 5.65 Å². The lowest BCUT2D eigenvalue weighted by atomic mass is 10.1. The zero-order valence-corrected chi connectivity index (χ0v) is 14.7. The molecule has 0 aliphatic rings. The number of fused-ring (bicyclic) bond motifs is 1. The summed E-state index contributed by atoms with van der Waals surface area (Å²) in [6, 6.07) is 5.94. The topological polar surface area (TPSA) is 46.4 Å². The summed E-state index contributed by atoms with van der Waals surface area (Å²) in [6.45, 7) is -0.353. The maximum atomic E-state index is 13.1. The van der Waals surface area contributed by atoms with Crippen molar-refractivity contribution in [3.63, 3.8) is 0 Å². The number of amides is 1. The van der Waals surface area contributed by atoms with Gasteiger partial charge in [0.2, 0.25) is 5.91 Å². The van der Waals surface area contributed by atoms with Gasteiger partial charge in [-0.05, 0) is 45.8 Å². The van der Waals surface area contributed by atoms with Crippen LogP contribution in [-0.4, -0.2) is 15.3 Å². The Labute approximate surface area is 154 Å². The van der Waals surface area contributed by atoms with Crippen LogP contribution >= 0.6 is 15.9 Å². The number of nitrogens with one attached hydrogen (secondary N) is 1. The predicted molar refractivity (Wildman–Crippen MR) is 89.8 cm³/mol. The van der Waals surface area contributed by atoms with Crippen LogP contribution in [0.3, 0.4) is 0 Å². The molecule has 0 radical (unpaired) electrons. The highest BCUT2D eigenvalue weighted by Gasteiger charge is 2.33. The molecule has 3 rings (SSSR count). The molecule has 2 heterocycles. The summed E-state index contributed by atoms with van der Waals surface area (Å²) in [5.74, 6) is -1.45. The van der Waals surface area contributed by atoms with Crippen LogP contribution in [0.15, 0.2) is 47.2 Å². The van der Waals surface area contributed by atoms with Crippen molar-refractivity contribution < 1.29 is 22.4 Å². The first kappa shape index (κ1) is 18.4. The SMILES string of the molecule is O=C(Cc1cnc2ccc(Br)cn12)NCc1ccc(F)cc1C(F)(F)F. The summed E-state index contributed by atoms with van der Waals surface area (Å²) < 4.78 is 54.5. The molecule has 0 fully saturated rings. The predicted octanol–water partition coefficient (Wildman–Crippen LogP) is 4.11. The molecule has 3 aromatic rings. The first-order valence-corrected chi connectivity index (χ1v) is 8.27. The van der Waals surface area contributed by atoms with Crippen molar-refractivity contribution in [1.29, 1.82) is 0 Å². The Balaban J connectivity index is 1.72. The Kier molecular flexibility index (Phi) is 4.99. The maximum Gasteiger partial charge on any atom is 0.416 e. The summed E-state index contributed by atoms with van der Waals surface area (Å²) in [6.07, 6.45) is -1.48. The van der Waals surface area contributed by atoms with Crippen molar-refractivity contribution in [2.24, 2.45) is 0 Å². The van der Waals surface area contributed by atoms with E-state index in [2.05, 4.69) is 26.2 Å². The molecule has 4 nitrogen and oxygen atoms in total. The summed E-state index contributed by atoms with van der Waals surface area (Å²) in [5.41, 5.74) is -0.0625. The molecule has 9 heteroatoms. The van der Waals surface area contributed by atoms with Gasteiger partial charge in [0.1, 0.15) is 11.5 Å². The van der Waals surface area contributed by atoms with Crippen LogP contribution in [0.1, 0.15) is 16.8 Å². The molecule has 0 aliphatic heterocycles. The quantitative estimate of drug-likeness (QED) is 0.634. The molecule has 0 unspecified atom stereocenters. The number of pyridine rings is 1. The van der Waals surface area contributed by atoms with E-state index < -0.39 is 23.5 Å². The standard InChI is InChI=1S/C17H12BrF4N3O/c18-11-2-4-15-23-8-13(25(15)9-11)6-16(26)24-7-10-1-3-12(19)5-14(10)17(20,21)22/h1-5,8-9H,6-7H2,(H,24,26). The van der Waals surface area contributed by atoms with Gasteiger partial charge in [-0.15, -0.1) is 0 Å². The van der Waals surface area contributed by atoms with E-state index in [-0.39, 0.29) is 18.5 Å². The van der Waals surface area contributed by atoms with Gasteiger partial charge in [-0.1, -0.05) is 6.07 Å². The lowest BCUT2D eigenvalue weighted by Crippen LogP contribution is -2.26. The lowest BCUT2D eigenvalue weighted by Gasteiger charge is -2.13. The number of halogens is 5. The Hall–Kier alpha value is -2.42. The Bertz CT molecular complexity index is 968. The number of alkyl halides is 3. The number of rotatable bonds is 4. The van der Waals surface area contributed by atoms with Crippen LogP contribution < -0.4 is 5.32 Å². The molecule has 0 aliphatic carbocycles. The normalized spacial score (nSPS) is 11.7. The van der Waals surface area contributed by atoms with Crippen molar-refractivity contribution in [3.8, 4) is 0 Å². The van der Waals surface area contributed by atoms with Crippen molar-refractivity contribution in [2.75, 3.05) is 0 Å². The summed E-state index contributed by atoms with van der Waals surface area (Å²) in [7, 11) is 0. The third-order valence-electron chi connectivity index (χ3n) is 3.74. The monoisotopic (exact) mass is 429 g/mol. The fourth-order valence-corrected chi connectivity index (χ4v) is 2.86. The van der Waals surface area contributed by atoms with E-state index in [1.807, 2.05) is 0 Å². The van der Waals surface area contributed by atoms with E-state index in [0.717, 1.165) is 16.6 Å². The van der Waals surface area contributed by atoms with Crippen LogP contribution in [0.2, 0.25) is 0 Å². The van der Waals surface area contributed by atoms with Gasteiger partial charge in [0, 0.05) is 23.4 Å². The van der Waals surface area contributed by atoms with Gasteiger partial charge in [0.25, 0.3) is 0 Å². The lowest BCUT2D eigenvalue weighted by molar-refractivity contribution is -0.138. The summed E-state index contributed by atoms with van der Waals surface area (Å²) in [4.78, 5) is 16.3. The first-order valence-electron chi connectivity index (χ1n) is 7.48. The van der Waals surface area contributed by atoms with Gasteiger partial charge in [-0.2, -0.15) is 13.2 Å². The van der Waals surface area contributed by atoms with Crippen molar-refractivity contribution in [3.05, 3.63) is 69.8 Å². The smallest absolute Gasteiger partial charge is 0.352 e. The number of hydrogen-bond donors (Lipinski definition) is 1. The van der Waals surface area contributed by atoms with Crippen molar-refractivity contribution in [2.45, 2.75) is 19.1 Å². The number of imidazole rings is 1. The third kappa shape index (κ3) is 4.04. The fourth-order valence-electron chi connectivity index (χ4n) is 2.52. The highest BCUT2D eigenvalue weighted by molar-refractivity contribution is 9.10. The molecule has 0 saturated carbocycles. The molecular formula is C17H12BrF4N3O. The van der Waals surface area contributed by atoms with Crippen LogP contribution in [0.5, 0.6) is 0 Å². The number of benzene rings is 1. The second-order valence-electron chi connectivity index (χ2n) is 5.58. The first-order chi connectivity index (χ1) is 12.2. The minimum absolute atomic E-state index is 0.0554. The average molecular weight is 430 g/mol. The minimum atomic E-state index is -4.70. The molecule has 136 valence electrons. The van der Waals surface area contributed by atoms with Crippen LogP contribution in [-0.2, 0) is 23.9 Å². The number of nitrogens with zero attached hydrogens (tertiary/aromatic N) is 2. The number of hydrogen-bond acceptors (Lipinski definition) is 2. The summed E-state index contributed by atoms with van der Waals surface area (Å²) >= 11 is 3.32. The zero-order valence-electron chi connectivity index (χ0n) is 13.1.